The van der Waals surface area contributed by atoms with Crippen LogP contribution in [-0.4, -0.2) is 36.2 Å². The average Bonchev–Trinajstić information content (AvgIpc) is 2.27. The zero-order valence-electron chi connectivity index (χ0n) is 11.9. The summed E-state index contributed by atoms with van der Waals surface area (Å²) in [5.74, 6) is -0.957. The predicted molar refractivity (Wildman–Crippen MR) is 66.3 cm³/mol. The molecule has 0 saturated carbocycles. The molecule has 0 unspecified atom stereocenters. The number of ether oxygens (including phenoxy) is 2. The molecule has 0 atom stereocenters. The minimum Gasteiger partial charge on any atom is -0.464 e. The van der Waals surface area contributed by atoms with Crippen LogP contribution in [0.15, 0.2) is 10.2 Å². The number of carbonyl (C=O) groups excluding carboxylic acids is 2. The van der Waals surface area contributed by atoms with Crippen molar-refractivity contribution in [3.63, 3.8) is 0 Å². The number of nitrogens with zero attached hydrogens (tertiary/aromatic N) is 2. The van der Waals surface area contributed by atoms with Crippen LogP contribution in [0.25, 0.3) is 0 Å². The van der Waals surface area contributed by atoms with Crippen LogP contribution in [0, 0.1) is 0 Å². The Morgan fingerprint density at radius 3 is 1.33 bits per heavy atom. The van der Waals surface area contributed by atoms with E-state index in [0.717, 1.165) is 0 Å². The van der Waals surface area contributed by atoms with Crippen LogP contribution in [0.4, 0.5) is 0 Å². The van der Waals surface area contributed by atoms with Gasteiger partial charge >= 0.3 is 11.9 Å². The van der Waals surface area contributed by atoms with Gasteiger partial charge in [-0.2, -0.15) is 10.2 Å². The van der Waals surface area contributed by atoms with E-state index in [4.69, 9.17) is 9.47 Å². The first-order chi connectivity index (χ1) is 8.17. The van der Waals surface area contributed by atoms with Crippen molar-refractivity contribution in [2.24, 2.45) is 10.2 Å². The molecule has 6 heteroatoms. The van der Waals surface area contributed by atoms with Gasteiger partial charge < -0.3 is 9.47 Å². The second-order valence-electron chi connectivity index (χ2n) is 4.76. The summed E-state index contributed by atoms with van der Waals surface area (Å²) in [6, 6.07) is 0. The molecule has 0 radical (unpaired) electrons. The molecular weight excluding hydrogens is 236 g/mol. The first kappa shape index (κ1) is 16.5. The molecule has 0 fully saturated rings. The normalized spacial score (nSPS) is 12.6. The van der Waals surface area contributed by atoms with Crippen molar-refractivity contribution < 1.29 is 19.1 Å². The van der Waals surface area contributed by atoms with Crippen molar-refractivity contribution in [3.05, 3.63) is 0 Å². The number of hydrogen-bond donors (Lipinski definition) is 0. The third-order valence-electron chi connectivity index (χ3n) is 2.10. The average molecular weight is 258 g/mol. The first-order valence-corrected chi connectivity index (χ1v) is 5.96. The van der Waals surface area contributed by atoms with Gasteiger partial charge in [-0.3, -0.25) is 0 Å². The zero-order valence-corrected chi connectivity index (χ0v) is 11.9. The van der Waals surface area contributed by atoms with E-state index in [1.807, 2.05) is 0 Å². The summed E-state index contributed by atoms with van der Waals surface area (Å²) >= 11 is 0. The van der Waals surface area contributed by atoms with E-state index in [1.165, 1.54) is 0 Å². The Morgan fingerprint density at radius 2 is 1.11 bits per heavy atom. The lowest BCUT2D eigenvalue weighted by Crippen LogP contribution is -2.35. The molecule has 0 aromatic heterocycles. The third-order valence-corrected chi connectivity index (χ3v) is 2.10. The van der Waals surface area contributed by atoms with Crippen LogP contribution >= 0.6 is 0 Å². The second kappa shape index (κ2) is 6.47. The molecule has 0 bridgehead atoms. The van der Waals surface area contributed by atoms with Gasteiger partial charge in [-0.05, 0) is 41.5 Å². The summed E-state index contributed by atoms with van der Waals surface area (Å²) in [5, 5.41) is 7.80. The van der Waals surface area contributed by atoms with Crippen LogP contribution in [0.2, 0.25) is 0 Å². The Balaban J connectivity index is 4.80. The fraction of sp³-hybridized carbons (Fsp3) is 0.833. The van der Waals surface area contributed by atoms with E-state index in [2.05, 4.69) is 10.2 Å². The largest absolute Gasteiger partial charge is 0.464 e. The van der Waals surface area contributed by atoms with E-state index >= 15 is 0 Å². The highest BCUT2D eigenvalue weighted by atomic mass is 16.5. The third kappa shape index (κ3) is 4.81. The monoisotopic (exact) mass is 258 g/mol. The Hall–Kier alpha value is -1.46. The summed E-state index contributed by atoms with van der Waals surface area (Å²) in [6.07, 6.45) is 0. The van der Waals surface area contributed by atoms with Gasteiger partial charge in [-0.1, -0.05) is 0 Å². The van der Waals surface area contributed by atoms with Gasteiger partial charge in [0.25, 0.3) is 0 Å². The molecule has 0 N–H and O–H groups in total. The Bertz CT molecular complexity index is 303. The molecular formula is C12H22N2O4. The van der Waals surface area contributed by atoms with E-state index in [0.29, 0.717) is 0 Å². The number of carbonyl (C=O) groups is 2. The smallest absolute Gasteiger partial charge is 0.335 e. The highest BCUT2D eigenvalue weighted by molar-refractivity contribution is 5.81. The van der Waals surface area contributed by atoms with E-state index in [1.54, 1.807) is 41.5 Å². The maximum absolute atomic E-state index is 11.6. The zero-order chi connectivity index (χ0) is 14.4. The van der Waals surface area contributed by atoms with E-state index < -0.39 is 23.0 Å². The summed E-state index contributed by atoms with van der Waals surface area (Å²) in [6.45, 7) is 10.3. The van der Waals surface area contributed by atoms with Crippen molar-refractivity contribution >= 4 is 11.9 Å². The molecule has 0 aromatic carbocycles. The van der Waals surface area contributed by atoms with Crippen LogP contribution in [0.5, 0.6) is 0 Å². The van der Waals surface area contributed by atoms with Crippen molar-refractivity contribution in [2.45, 2.75) is 52.6 Å². The standard InChI is InChI=1S/C12H22N2O4/c1-7-17-9(15)11(3,4)13-14-12(5,6)10(16)18-8-2/h7-8H2,1-6H3/b14-13+. The second-order valence-corrected chi connectivity index (χ2v) is 4.76. The molecule has 104 valence electrons. The molecule has 0 aliphatic heterocycles. The Labute approximate surface area is 108 Å². The topological polar surface area (TPSA) is 77.3 Å². The Kier molecular flexibility index (Phi) is 5.94. The van der Waals surface area contributed by atoms with Crippen LogP contribution in [0.1, 0.15) is 41.5 Å². The maximum Gasteiger partial charge on any atom is 0.335 e. The molecule has 6 nitrogen and oxygen atoms in total. The lowest BCUT2D eigenvalue weighted by molar-refractivity contribution is -0.150. The van der Waals surface area contributed by atoms with Crippen molar-refractivity contribution in [2.75, 3.05) is 13.2 Å². The highest BCUT2D eigenvalue weighted by Gasteiger charge is 2.33. The fourth-order valence-electron chi connectivity index (χ4n) is 0.947. The molecule has 0 saturated heterocycles. The number of rotatable bonds is 6. The minimum absolute atomic E-state index is 0.277. The molecule has 0 aromatic rings. The van der Waals surface area contributed by atoms with Gasteiger partial charge in [-0.15, -0.1) is 0 Å². The lowest BCUT2D eigenvalue weighted by Gasteiger charge is -2.20. The molecule has 0 rings (SSSR count). The van der Waals surface area contributed by atoms with Crippen LogP contribution < -0.4 is 0 Å². The highest BCUT2D eigenvalue weighted by Crippen LogP contribution is 2.18. The molecule has 0 spiro atoms. The summed E-state index contributed by atoms with van der Waals surface area (Å²) < 4.78 is 9.74. The van der Waals surface area contributed by atoms with Crippen molar-refractivity contribution in [1.29, 1.82) is 0 Å². The van der Waals surface area contributed by atoms with Crippen molar-refractivity contribution in [3.8, 4) is 0 Å². The van der Waals surface area contributed by atoms with Gasteiger partial charge in [0.2, 0.25) is 0 Å². The predicted octanol–water partition coefficient (Wildman–Crippen LogP) is 2.12. The SMILES string of the molecule is CCOC(=O)C(C)(C)/N=N/C(C)(C)C(=O)OCC. The molecule has 0 amide bonds. The summed E-state index contributed by atoms with van der Waals surface area (Å²) in [5.41, 5.74) is -2.22. The van der Waals surface area contributed by atoms with Gasteiger partial charge in [0.15, 0.2) is 11.1 Å². The number of azo groups is 1. The maximum atomic E-state index is 11.6. The van der Waals surface area contributed by atoms with Crippen molar-refractivity contribution in [1.82, 2.24) is 0 Å². The lowest BCUT2D eigenvalue weighted by atomic mass is 10.1. The fourth-order valence-corrected chi connectivity index (χ4v) is 0.947. The first-order valence-electron chi connectivity index (χ1n) is 5.96. The molecule has 0 aliphatic rings. The van der Waals surface area contributed by atoms with Crippen LogP contribution in [0.3, 0.4) is 0 Å². The Morgan fingerprint density at radius 1 is 0.833 bits per heavy atom. The summed E-state index contributed by atoms with van der Waals surface area (Å²) in [4.78, 5) is 23.2. The van der Waals surface area contributed by atoms with Gasteiger partial charge in [0, 0.05) is 0 Å². The number of hydrogen-bond acceptors (Lipinski definition) is 6. The summed E-state index contributed by atoms with van der Waals surface area (Å²) in [7, 11) is 0. The minimum atomic E-state index is -1.11. The molecule has 18 heavy (non-hydrogen) atoms. The van der Waals surface area contributed by atoms with E-state index in [9.17, 15) is 9.59 Å². The molecule has 0 aliphatic carbocycles. The van der Waals surface area contributed by atoms with Gasteiger partial charge in [0.05, 0.1) is 13.2 Å². The van der Waals surface area contributed by atoms with Crippen LogP contribution in [-0.2, 0) is 19.1 Å². The van der Waals surface area contributed by atoms with Gasteiger partial charge in [0.1, 0.15) is 0 Å². The van der Waals surface area contributed by atoms with Gasteiger partial charge in [-0.25, -0.2) is 9.59 Å². The number of esters is 2. The quantitative estimate of drug-likeness (QED) is 0.540. The molecule has 0 heterocycles. The van der Waals surface area contributed by atoms with E-state index in [-0.39, 0.29) is 13.2 Å².